The number of hydrogen-bond donors (Lipinski definition) is 1. The molecule has 0 aliphatic rings. The lowest BCUT2D eigenvalue weighted by Gasteiger charge is -2.15. The minimum atomic E-state index is -0.657. The summed E-state index contributed by atoms with van der Waals surface area (Å²) >= 11 is 0. The van der Waals surface area contributed by atoms with Crippen LogP contribution in [0.3, 0.4) is 0 Å². The maximum absolute atomic E-state index is 12.1. The van der Waals surface area contributed by atoms with Crippen molar-refractivity contribution in [3.8, 4) is 11.5 Å². The zero-order valence-corrected chi connectivity index (χ0v) is 13.3. The monoisotopic (exact) mass is 313 g/mol. The highest BCUT2D eigenvalue weighted by Crippen LogP contribution is 2.18. The predicted molar refractivity (Wildman–Crippen MR) is 88.2 cm³/mol. The lowest BCUT2D eigenvalue weighted by molar-refractivity contribution is -0.122. The Labute approximate surface area is 135 Å². The van der Waals surface area contributed by atoms with Crippen molar-refractivity contribution in [3.63, 3.8) is 0 Å². The summed E-state index contributed by atoms with van der Waals surface area (Å²) in [4.78, 5) is 23.4. The van der Waals surface area contributed by atoms with Crippen LogP contribution >= 0.6 is 0 Å². The van der Waals surface area contributed by atoms with E-state index in [1.165, 1.54) is 6.92 Å². The van der Waals surface area contributed by atoms with Gasteiger partial charge in [0.2, 0.25) is 0 Å². The fourth-order valence-corrected chi connectivity index (χ4v) is 1.94. The minimum Gasteiger partial charge on any atom is -0.497 e. The van der Waals surface area contributed by atoms with Crippen molar-refractivity contribution in [2.24, 2.45) is 0 Å². The normalized spacial score (nSPS) is 11.4. The van der Waals surface area contributed by atoms with Gasteiger partial charge in [-0.2, -0.15) is 0 Å². The van der Waals surface area contributed by atoms with Gasteiger partial charge in [0.05, 0.1) is 7.11 Å². The van der Waals surface area contributed by atoms with Gasteiger partial charge in [0.25, 0.3) is 5.91 Å². The third kappa shape index (κ3) is 4.57. The molecule has 0 spiro atoms. The number of benzene rings is 2. The van der Waals surface area contributed by atoms with Crippen LogP contribution in [0.25, 0.3) is 0 Å². The molecule has 0 bridgehead atoms. The molecule has 0 saturated carbocycles. The Bertz CT molecular complexity index is 677. The van der Waals surface area contributed by atoms with Crippen LogP contribution in [0.4, 0.5) is 5.69 Å². The number of methoxy groups -OCH3 is 1. The zero-order valence-electron chi connectivity index (χ0n) is 13.3. The Balaban J connectivity index is 1.94. The van der Waals surface area contributed by atoms with E-state index in [9.17, 15) is 9.59 Å². The second-order valence-electron chi connectivity index (χ2n) is 5.06. The number of amides is 1. The van der Waals surface area contributed by atoms with Crippen molar-refractivity contribution in [1.29, 1.82) is 0 Å². The van der Waals surface area contributed by atoms with Crippen LogP contribution in [0.15, 0.2) is 48.5 Å². The lowest BCUT2D eigenvalue weighted by atomic mass is 10.1. The SMILES string of the molecule is COc1ccc(O[C@H](C)C(=O)Nc2ccc(C(C)=O)cc2)cc1. The molecule has 5 nitrogen and oxygen atoms in total. The topological polar surface area (TPSA) is 64.6 Å². The van der Waals surface area contributed by atoms with Crippen molar-refractivity contribution in [1.82, 2.24) is 0 Å². The Morgan fingerprint density at radius 3 is 2.04 bits per heavy atom. The highest BCUT2D eigenvalue weighted by molar-refractivity contribution is 5.96. The Hall–Kier alpha value is -2.82. The number of Topliss-reactive ketones (excluding diaryl/α,β-unsaturated/α-hetero) is 1. The second-order valence-corrected chi connectivity index (χ2v) is 5.06. The number of ether oxygens (including phenoxy) is 2. The molecule has 2 aromatic rings. The number of hydrogen-bond acceptors (Lipinski definition) is 4. The van der Waals surface area contributed by atoms with Gasteiger partial charge >= 0.3 is 0 Å². The average molecular weight is 313 g/mol. The Kier molecular flexibility index (Phi) is 5.36. The molecule has 0 radical (unpaired) electrons. The summed E-state index contributed by atoms with van der Waals surface area (Å²) in [6, 6.07) is 13.7. The number of nitrogens with one attached hydrogen (secondary N) is 1. The van der Waals surface area contributed by atoms with Gasteiger partial charge < -0.3 is 14.8 Å². The molecule has 0 aliphatic carbocycles. The van der Waals surface area contributed by atoms with E-state index >= 15 is 0 Å². The molecule has 2 rings (SSSR count). The molecule has 5 heteroatoms. The average Bonchev–Trinajstić information content (AvgIpc) is 2.56. The van der Waals surface area contributed by atoms with E-state index < -0.39 is 6.10 Å². The van der Waals surface area contributed by atoms with E-state index in [0.29, 0.717) is 17.0 Å². The quantitative estimate of drug-likeness (QED) is 0.831. The van der Waals surface area contributed by atoms with Crippen LogP contribution in [-0.2, 0) is 4.79 Å². The summed E-state index contributed by atoms with van der Waals surface area (Å²) in [5.74, 6) is 1.02. The number of carbonyl (C=O) groups excluding carboxylic acids is 2. The fourth-order valence-electron chi connectivity index (χ4n) is 1.94. The first-order chi connectivity index (χ1) is 11.0. The molecular weight excluding hydrogens is 294 g/mol. The summed E-state index contributed by atoms with van der Waals surface area (Å²) in [7, 11) is 1.59. The maximum Gasteiger partial charge on any atom is 0.265 e. The molecule has 0 aromatic heterocycles. The molecule has 1 N–H and O–H groups in total. The highest BCUT2D eigenvalue weighted by atomic mass is 16.5. The standard InChI is InChI=1S/C18H19NO4/c1-12(20)14-4-6-15(7-5-14)19-18(21)13(2)23-17-10-8-16(22-3)9-11-17/h4-11,13H,1-3H3,(H,19,21)/t13-/m1/s1. The van der Waals surface area contributed by atoms with Gasteiger partial charge in [-0.15, -0.1) is 0 Å². The van der Waals surface area contributed by atoms with E-state index in [1.807, 2.05) is 0 Å². The van der Waals surface area contributed by atoms with Crippen molar-refractivity contribution in [2.45, 2.75) is 20.0 Å². The summed E-state index contributed by atoms with van der Waals surface area (Å²) in [5.41, 5.74) is 1.22. The van der Waals surface area contributed by atoms with Crippen LogP contribution in [0.5, 0.6) is 11.5 Å². The van der Waals surface area contributed by atoms with Crippen LogP contribution < -0.4 is 14.8 Å². The predicted octanol–water partition coefficient (Wildman–Crippen LogP) is 3.30. The summed E-state index contributed by atoms with van der Waals surface area (Å²) in [6.07, 6.45) is -0.657. The van der Waals surface area contributed by atoms with Crippen molar-refractivity contribution in [3.05, 3.63) is 54.1 Å². The molecule has 23 heavy (non-hydrogen) atoms. The zero-order chi connectivity index (χ0) is 16.8. The maximum atomic E-state index is 12.1. The van der Waals surface area contributed by atoms with Crippen LogP contribution in [-0.4, -0.2) is 24.9 Å². The highest BCUT2D eigenvalue weighted by Gasteiger charge is 2.15. The van der Waals surface area contributed by atoms with Crippen LogP contribution in [0.1, 0.15) is 24.2 Å². The van der Waals surface area contributed by atoms with Crippen molar-refractivity contribution >= 4 is 17.4 Å². The first-order valence-electron chi connectivity index (χ1n) is 7.22. The second kappa shape index (κ2) is 7.45. The molecule has 2 aromatic carbocycles. The molecule has 0 saturated heterocycles. The third-order valence-electron chi connectivity index (χ3n) is 3.30. The van der Waals surface area contributed by atoms with Crippen LogP contribution in [0, 0.1) is 0 Å². The fraction of sp³-hybridized carbons (Fsp3) is 0.222. The van der Waals surface area contributed by atoms with Gasteiger partial charge in [0, 0.05) is 11.3 Å². The summed E-state index contributed by atoms with van der Waals surface area (Å²) in [6.45, 7) is 3.17. The largest absolute Gasteiger partial charge is 0.497 e. The smallest absolute Gasteiger partial charge is 0.265 e. The minimum absolute atomic E-state index is 0.0147. The lowest BCUT2D eigenvalue weighted by Crippen LogP contribution is -2.30. The first-order valence-corrected chi connectivity index (χ1v) is 7.22. The molecule has 120 valence electrons. The third-order valence-corrected chi connectivity index (χ3v) is 3.30. The van der Waals surface area contributed by atoms with E-state index in [4.69, 9.17) is 9.47 Å². The van der Waals surface area contributed by atoms with E-state index in [0.717, 1.165) is 5.75 Å². The van der Waals surface area contributed by atoms with Gasteiger partial charge in [-0.3, -0.25) is 9.59 Å². The molecule has 0 aliphatic heterocycles. The summed E-state index contributed by atoms with van der Waals surface area (Å²) < 4.78 is 10.7. The van der Waals surface area contributed by atoms with Crippen LogP contribution in [0.2, 0.25) is 0 Å². The van der Waals surface area contributed by atoms with Gasteiger partial charge in [-0.1, -0.05) is 0 Å². The molecule has 0 heterocycles. The van der Waals surface area contributed by atoms with Gasteiger partial charge in [0.1, 0.15) is 11.5 Å². The molecule has 0 fully saturated rings. The van der Waals surface area contributed by atoms with Gasteiger partial charge in [0.15, 0.2) is 11.9 Å². The summed E-state index contributed by atoms with van der Waals surface area (Å²) in [5, 5.41) is 2.75. The number of ketones is 1. The Morgan fingerprint density at radius 1 is 0.957 bits per heavy atom. The van der Waals surface area contributed by atoms with E-state index in [1.54, 1.807) is 62.6 Å². The molecule has 1 atom stereocenters. The first kappa shape index (κ1) is 16.5. The molecule has 0 unspecified atom stereocenters. The van der Waals surface area contributed by atoms with Gasteiger partial charge in [-0.25, -0.2) is 0 Å². The van der Waals surface area contributed by atoms with Crippen molar-refractivity contribution < 1.29 is 19.1 Å². The van der Waals surface area contributed by atoms with E-state index in [2.05, 4.69) is 5.32 Å². The molecule has 1 amide bonds. The number of rotatable bonds is 6. The van der Waals surface area contributed by atoms with Crippen molar-refractivity contribution in [2.75, 3.05) is 12.4 Å². The number of anilines is 1. The van der Waals surface area contributed by atoms with Gasteiger partial charge in [-0.05, 0) is 62.4 Å². The Morgan fingerprint density at radius 2 is 1.52 bits per heavy atom. The van der Waals surface area contributed by atoms with E-state index in [-0.39, 0.29) is 11.7 Å². The number of carbonyl (C=O) groups is 2. The molecular formula is C18H19NO4.